The second-order valence-electron chi connectivity index (χ2n) is 2.04. The molecule has 0 aromatic rings. The number of aliphatic imine (C=N–C) groups is 2. The molecule has 0 amide bonds. The molecule has 0 saturated heterocycles. The summed E-state index contributed by atoms with van der Waals surface area (Å²) < 4.78 is 0. The van der Waals surface area contributed by atoms with E-state index < -0.39 is 0 Å². The fourth-order valence-corrected chi connectivity index (χ4v) is 6.32. The molecule has 0 spiro atoms. The Morgan fingerprint density at radius 3 is 1.92 bits per heavy atom. The summed E-state index contributed by atoms with van der Waals surface area (Å²) in [7, 11) is 7.22. The van der Waals surface area contributed by atoms with Gasteiger partial charge in [0.25, 0.3) is 0 Å². The van der Waals surface area contributed by atoms with Crippen LogP contribution in [0.1, 0.15) is 0 Å². The lowest BCUT2D eigenvalue weighted by Gasteiger charge is -2.02. The molecular weight excluding hydrogens is 212 g/mol. The van der Waals surface area contributed by atoms with E-state index in [1.165, 1.54) is 0 Å². The quantitative estimate of drug-likeness (QED) is 0.469. The van der Waals surface area contributed by atoms with Gasteiger partial charge in [0.05, 0.1) is 0 Å². The zero-order valence-electron chi connectivity index (χ0n) is 6.62. The standard InChI is InChI=1S/C5H8N4S3/c1-6-3-8-5-9-4(7-2)11-12(5)10-3/h1-2H3,(H,6,8)(H,7,9). The molecule has 2 aliphatic heterocycles. The van der Waals surface area contributed by atoms with Gasteiger partial charge in [0.2, 0.25) is 0 Å². The molecule has 7 heteroatoms. The van der Waals surface area contributed by atoms with Crippen molar-refractivity contribution in [2.24, 2.45) is 9.98 Å². The second kappa shape index (κ2) is 3.31. The topological polar surface area (TPSA) is 48.8 Å². The van der Waals surface area contributed by atoms with Gasteiger partial charge in [-0.1, -0.05) is 0 Å². The Morgan fingerprint density at radius 2 is 1.58 bits per heavy atom. The third-order valence-corrected chi connectivity index (χ3v) is 7.13. The number of nitrogens with zero attached hydrogens (tertiary/aromatic N) is 2. The van der Waals surface area contributed by atoms with Gasteiger partial charge >= 0.3 is 0 Å². The predicted molar refractivity (Wildman–Crippen MR) is 60.8 cm³/mol. The number of hydrogen-bond donors (Lipinski definition) is 2. The Kier molecular flexibility index (Phi) is 2.33. The molecule has 0 aromatic carbocycles. The maximum Gasteiger partial charge on any atom is 0.173 e. The molecule has 2 N–H and O–H groups in total. The molecule has 2 rings (SSSR count). The van der Waals surface area contributed by atoms with E-state index in [9.17, 15) is 0 Å². The Morgan fingerprint density at radius 1 is 1.08 bits per heavy atom. The largest absolute Gasteiger partial charge is 0.314 e. The molecule has 0 bridgehead atoms. The molecule has 12 heavy (non-hydrogen) atoms. The van der Waals surface area contributed by atoms with Crippen LogP contribution in [0, 0.1) is 0 Å². The summed E-state index contributed by atoms with van der Waals surface area (Å²) in [6, 6.07) is 0. The number of rotatable bonds is 0. The van der Waals surface area contributed by atoms with Gasteiger partial charge in [0.15, 0.2) is 15.4 Å². The van der Waals surface area contributed by atoms with E-state index in [4.69, 9.17) is 0 Å². The maximum absolute atomic E-state index is 4.08. The molecule has 2 aliphatic rings. The summed E-state index contributed by atoms with van der Waals surface area (Å²) in [6.45, 7) is 0. The van der Waals surface area contributed by atoms with Crippen LogP contribution in [-0.4, -0.2) is 29.5 Å². The lowest BCUT2D eigenvalue weighted by atomic mass is 10.9. The van der Waals surface area contributed by atoms with Crippen LogP contribution in [0.3, 0.4) is 0 Å². The Balaban J connectivity index is 2.13. The van der Waals surface area contributed by atoms with E-state index in [0.717, 1.165) is 15.4 Å². The van der Waals surface area contributed by atoms with Crippen LogP contribution < -0.4 is 10.6 Å². The molecule has 0 fully saturated rings. The fraction of sp³-hybridized carbons (Fsp3) is 0.400. The Hall–Kier alpha value is -0.140. The van der Waals surface area contributed by atoms with E-state index in [2.05, 4.69) is 20.6 Å². The summed E-state index contributed by atoms with van der Waals surface area (Å²) in [5.74, 6) is 0. The first-order chi connectivity index (χ1) is 5.83. The highest BCUT2D eigenvalue weighted by Crippen LogP contribution is 2.50. The van der Waals surface area contributed by atoms with E-state index >= 15 is 0 Å². The average Bonchev–Trinajstić information content (AvgIpc) is 2.59. The molecule has 0 aromatic heterocycles. The van der Waals surface area contributed by atoms with Gasteiger partial charge in [-0.05, 0) is 30.1 Å². The van der Waals surface area contributed by atoms with Crippen LogP contribution in [0.25, 0.3) is 0 Å². The van der Waals surface area contributed by atoms with Crippen molar-refractivity contribution in [2.75, 3.05) is 14.1 Å². The molecular formula is C5H8N4S3. The minimum absolute atomic E-state index is 0.138. The van der Waals surface area contributed by atoms with Gasteiger partial charge in [-0.15, -0.1) is 0 Å². The Bertz CT molecular complexity index is 256. The van der Waals surface area contributed by atoms with Crippen molar-refractivity contribution >= 4 is 45.6 Å². The van der Waals surface area contributed by atoms with Crippen LogP contribution in [0.5, 0.6) is 0 Å². The average molecular weight is 220 g/mol. The smallest absolute Gasteiger partial charge is 0.173 e. The van der Waals surface area contributed by atoms with Crippen LogP contribution in [-0.2, 0) is 0 Å². The number of nitrogens with one attached hydrogen (secondary N) is 2. The summed E-state index contributed by atoms with van der Waals surface area (Å²) in [5.41, 5.74) is 0. The first kappa shape index (κ1) is 8.46. The zero-order chi connectivity index (χ0) is 8.55. The monoisotopic (exact) mass is 220 g/mol. The lowest BCUT2D eigenvalue weighted by molar-refractivity contribution is 1.25. The van der Waals surface area contributed by atoms with Crippen molar-refractivity contribution in [1.29, 1.82) is 0 Å². The zero-order valence-corrected chi connectivity index (χ0v) is 9.07. The third kappa shape index (κ3) is 1.36. The molecule has 4 nitrogen and oxygen atoms in total. The molecule has 66 valence electrons. The van der Waals surface area contributed by atoms with E-state index in [1.54, 1.807) is 35.7 Å². The highest BCUT2D eigenvalue weighted by atomic mass is 33.5. The van der Waals surface area contributed by atoms with Crippen molar-refractivity contribution in [3.63, 3.8) is 0 Å². The lowest BCUT2D eigenvalue weighted by Crippen LogP contribution is -2.35. The van der Waals surface area contributed by atoms with Gasteiger partial charge in [-0.25, -0.2) is 0 Å². The van der Waals surface area contributed by atoms with Gasteiger partial charge in [0.1, 0.15) is 0 Å². The molecule has 0 unspecified atom stereocenters. The minimum Gasteiger partial charge on any atom is -0.314 e. The van der Waals surface area contributed by atoms with Gasteiger partial charge in [0, 0.05) is 14.1 Å². The van der Waals surface area contributed by atoms with Crippen LogP contribution in [0.15, 0.2) is 9.98 Å². The van der Waals surface area contributed by atoms with Crippen LogP contribution >= 0.6 is 30.1 Å². The SMILES string of the molecule is CN=C1NC2=S(S1)SC(=NC)N2. The summed E-state index contributed by atoms with van der Waals surface area (Å²) >= 11 is 0. The second-order valence-corrected chi connectivity index (χ2v) is 7.66. The molecule has 0 aliphatic carbocycles. The molecule has 0 radical (unpaired) electrons. The normalized spacial score (nSPS) is 33.8. The minimum atomic E-state index is 0.138. The number of amidine groups is 2. The predicted octanol–water partition coefficient (Wildman–Crippen LogP) is 0.817. The van der Waals surface area contributed by atoms with Crippen LogP contribution in [0.2, 0.25) is 0 Å². The summed E-state index contributed by atoms with van der Waals surface area (Å²) in [5, 5.41) is 9.50. The Labute approximate surface area is 80.4 Å². The van der Waals surface area contributed by atoms with Gasteiger partial charge < -0.3 is 10.6 Å². The van der Waals surface area contributed by atoms with Crippen molar-refractivity contribution in [3.8, 4) is 0 Å². The fourth-order valence-electron chi connectivity index (χ4n) is 0.781. The van der Waals surface area contributed by atoms with Crippen LogP contribution in [0.4, 0.5) is 0 Å². The highest BCUT2D eigenvalue weighted by Gasteiger charge is 2.27. The highest BCUT2D eigenvalue weighted by molar-refractivity contribution is 9.21. The van der Waals surface area contributed by atoms with E-state index in [1.807, 2.05) is 0 Å². The molecule has 0 atom stereocenters. The maximum atomic E-state index is 4.08. The summed E-state index contributed by atoms with van der Waals surface area (Å²) in [6.07, 6.45) is 0. The first-order valence-corrected chi connectivity index (χ1v) is 7.18. The molecule has 0 saturated carbocycles. The van der Waals surface area contributed by atoms with Gasteiger partial charge in [-0.3, -0.25) is 9.98 Å². The van der Waals surface area contributed by atoms with Crippen molar-refractivity contribution in [1.82, 2.24) is 10.6 Å². The summed E-state index contributed by atoms with van der Waals surface area (Å²) in [4.78, 5) is 8.16. The number of hydrogen-bond acceptors (Lipinski definition) is 4. The van der Waals surface area contributed by atoms with Crippen molar-refractivity contribution < 1.29 is 0 Å². The molecule has 2 heterocycles. The van der Waals surface area contributed by atoms with Crippen molar-refractivity contribution in [3.05, 3.63) is 0 Å². The third-order valence-electron chi connectivity index (χ3n) is 1.32. The van der Waals surface area contributed by atoms with E-state index in [-0.39, 0.29) is 8.55 Å². The first-order valence-electron chi connectivity index (χ1n) is 3.29. The van der Waals surface area contributed by atoms with Gasteiger partial charge in [-0.2, -0.15) is 0 Å². The van der Waals surface area contributed by atoms with Crippen molar-refractivity contribution in [2.45, 2.75) is 0 Å². The van der Waals surface area contributed by atoms with E-state index in [0.29, 0.717) is 0 Å².